The van der Waals surface area contributed by atoms with Crippen molar-refractivity contribution < 1.29 is 19.0 Å². The van der Waals surface area contributed by atoms with Gasteiger partial charge in [-0.15, -0.1) is 11.3 Å². The average molecular weight is 555 g/mol. The van der Waals surface area contributed by atoms with Crippen LogP contribution in [0.5, 0.6) is 11.5 Å². The molecular weight excluding hydrogens is 508 g/mol. The van der Waals surface area contributed by atoms with Crippen molar-refractivity contribution >= 4 is 34.0 Å². The molecule has 214 valence electrons. The summed E-state index contributed by atoms with van der Waals surface area (Å²) in [5.41, 5.74) is 1.35. The second-order valence-corrected chi connectivity index (χ2v) is 10.8. The van der Waals surface area contributed by atoms with E-state index < -0.39 is 0 Å². The van der Waals surface area contributed by atoms with Crippen LogP contribution < -0.4 is 14.4 Å². The first-order chi connectivity index (χ1) is 19.0. The number of rotatable bonds is 13. The van der Waals surface area contributed by atoms with Gasteiger partial charge < -0.3 is 19.1 Å². The lowest BCUT2D eigenvalue weighted by Gasteiger charge is -2.32. The third-order valence-corrected chi connectivity index (χ3v) is 7.85. The SMILES string of the molecule is CCC(=O)OC1CCN(c2ccc(/C=C(\C#N)c3ccc(OC)c(OC)c3)s2)CC1.CCCCCCCCC. The Morgan fingerprint density at radius 3 is 2.18 bits per heavy atom. The molecule has 1 saturated heterocycles. The normalized spacial score (nSPS) is 13.7. The molecule has 1 aromatic heterocycles. The van der Waals surface area contributed by atoms with Crippen LogP contribution in [0, 0.1) is 11.3 Å². The Hall–Kier alpha value is -2.98. The molecule has 0 aliphatic carbocycles. The van der Waals surface area contributed by atoms with E-state index in [0.717, 1.165) is 41.4 Å². The number of ether oxygens (including phenoxy) is 3. The number of esters is 1. The van der Waals surface area contributed by atoms with Crippen LogP contribution >= 0.6 is 11.3 Å². The number of carbonyl (C=O) groups is 1. The summed E-state index contributed by atoms with van der Waals surface area (Å²) in [7, 11) is 3.16. The Morgan fingerprint density at radius 2 is 1.62 bits per heavy atom. The number of anilines is 1. The van der Waals surface area contributed by atoms with E-state index in [-0.39, 0.29) is 12.1 Å². The monoisotopic (exact) mass is 554 g/mol. The van der Waals surface area contributed by atoms with Gasteiger partial charge in [-0.3, -0.25) is 4.79 Å². The molecule has 3 rings (SSSR count). The number of hydrogen-bond donors (Lipinski definition) is 0. The van der Waals surface area contributed by atoms with E-state index >= 15 is 0 Å². The molecule has 2 aromatic rings. The van der Waals surface area contributed by atoms with Crippen LogP contribution in [-0.4, -0.2) is 39.4 Å². The molecule has 0 amide bonds. The topological polar surface area (TPSA) is 71.8 Å². The average Bonchev–Trinajstić information content (AvgIpc) is 3.44. The molecule has 1 aliphatic rings. The Labute approximate surface area is 239 Å². The highest BCUT2D eigenvalue weighted by molar-refractivity contribution is 7.17. The van der Waals surface area contributed by atoms with Gasteiger partial charge in [0.05, 0.1) is 30.9 Å². The molecule has 0 atom stereocenters. The van der Waals surface area contributed by atoms with Crippen LogP contribution in [0.15, 0.2) is 30.3 Å². The first-order valence-electron chi connectivity index (χ1n) is 14.4. The van der Waals surface area contributed by atoms with Crippen molar-refractivity contribution in [1.82, 2.24) is 0 Å². The van der Waals surface area contributed by atoms with Crippen LogP contribution in [0.25, 0.3) is 11.6 Å². The second kappa shape index (κ2) is 18.3. The van der Waals surface area contributed by atoms with Crippen molar-refractivity contribution in [2.24, 2.45) is 0 Å². The van der Waals surface area contributed by atoms with Crippen molar-refractivity contribution in [1.29, 1.82) is 5.26 Å². The van der Waals surface area contributed by atoms with Gasteiger partial charge in [0.15, 0.2) is 11.5 Å². The summed E-state index contributed by atoms with van der Waals surface area (Å²) < 4.78 is 16.1. The third kappa shape index (κ3) is 11.0. The molecule has 0 radical (unpaired) electrons. The maximum atomic E-state index is 11.5. The minimum Gasteiger partial charge on any atom is -0.493 e. The van der Waals surface area contributed by atoms with Gasteiger partial charge in [0.25, 0.3) is 0 Å². The van der Waals surface area contributed by atoms with Crippen molar-refractivity contribution in [2.45, 2.75) is 91.1 Å². The highest BCUT2D eigenvalue weighted by Gasteiger charge is 2.22. The minimum atomic E-state index is -0.129. The van der Waals surface area contributed by atoms with E-state index in [2.05, 4.69) is 30.9 Å². The molecule has 1 aromatic carbocycles. The predicted octanol–water partition coefficient (Wildman–Crippen LogP) is 8.51. The second-order valence-electron chi connectivity index (χ2n) is 9.71. The van der Waals surface area contributed by atoms with E-state index in [9.17, 15) is 10.1 Å². The summed E-state index contributed by atoms with van der Waals surface area (Å²) in [4.78, 5) is 14.8. The van der Waals surface area contributed by atoms with Gasteiger partial charge in [0, 0.05) is 37.2 Å². The molecule has 1 fully saturated rings. The molecular formula is C32H46N2O4S. The molecule has 0 N–H and O–H groups in total. The van der Waals surface area contributed by atoms with Gasteiger partial charge in [0.1, 0.15) is 6.10 Å². The summed E-state index contributed by atoms with van der Waals surface area (Å²) in [6, 6.07) is 11.9. The number of unbranched alkanes of at least 4 members (excludes halogenated alkanes) is 6. The van der Waals surface area contributed by atoms with Gasteiger partial charge in [-0.25, -0.2) is 0 Å². The van der Waals surface area contributed by atoms with Gasteiger partial charge >= 0.3 is 5.97 Å². The number of nitrogens with zero attached hydrogens (tertiary/aromatic N) is 2. The zero-order chi connectivity index (χ0) is 28.5. The lowest BCUT2D eigenvalue weighted by Crippen LogP contribution is -2.37. The Morgan fingerprint density at radius 1 is 0.974 bits per heavy atom. The number of allylic oxidation sites excluding steroid dienone is 1. The minimum absolute atomic E-state index is 0.0169. The molecule has 7 heteroatoms. The van der Waals surface area contributed by atoms with E-state index in [0.29, 0.717) is 23.5 Å². The Balaban J connectivity index is 0.000000510. The summed E-state index contributed by atoms with van der Waals surface area (Å²) in [6.45, 7) is 8.05. The largest absolute Gasteiger partial charge is 0.493 e. The van der Waals surface area contributed by atoms with Crippen molar-refractivity contribution in [3.63, 3.8) is 0 Å². The molecule has 2 heterocycles. The fourth-order valence-electron chi connectivity index (χ4n) is 4.41. The number of benzene rings is 1. The van der Waals surface area contributed by atoms with Gasteiger partial charge in [-0.2, -0.15) is 5.26 Å². The number of carbonyl (C=O) groups excluding carboxylic acids is 1. The van der Waals surface area contributed by atoms with E-state index in [1.165, 1.54) is 44.9 Å². The van der Waals surface area contributed by atoms with Crippen LogP contribution in [0.1, 0.15) is 95.4 Å². The summed E-state index contributed by atoms with van der Waals surface area (Å²) in [5.74, 6) is 1.09. The van der Waals surface area contributed by atoms with E-state index in [4.69, 9.17) is 14.2 Å². The van der Waals surface area contributed by atoms with Crippen LogP contribution in [-0.2, 0) is 9.53 Å². The van der Waals surface area contributed by atoms with E-state index in [1.54, 1.807) is 31.6 Å². The molecule has 39 heavy (non-hydrogen) atoms. The first-order valence-corrected chi connectivity index (χ1v) is 15.2. The van der Waals surface area contributed by atoms with Crippen molar-refractivity contribution in [3.8, 4) is 17.6 Å². The van der Waals surface area contributed by atoms with Crippen LogP contribution in [0.2, 0.25) is 0 Å². The smallest absolute Gasteiger partial charge is 0.305 e. The molecule has 1 aliphatic heterocycles. The standard InChI is InChI=1S/C23H26N2O4S.C9H20/c1-4-23(26)29-18-9-11-25(12-10-18)22-8-6-19(30-22)13-17(15-24)16-5-7-20(27-2)21(14-16)28-3;1-3-5-7-9-8-6-4-2/h5-8,13-14,18H,4,9-12H2,1-3H3;3-9H2,1-2H3/b17-13+;. The van der Waals surface area contributed by atoms with Gasteiger partial charge in [-0.1, -0.05) is 65.7 Å². The maximum absolute atomic E-state index is 11.5. The summed E-state index contributed by atoms with van der Waals surface area (Å²) in [5, 5.41) is 10.8. The number of methoxy groups -OCH3 is 2. The predicted molar refractivity (Wildman–Crippen MR) is 163 cm³/mol. The van der Waals surface area contributed by atoms with Crippen molar-refractivity contribution in [3.05, 3.63) is 40.8 Å². The number of piperidine rings is 1. The number of nitriles is 1. The van der Waals surface area contributed by atoms with E-state index in [1.807, 2.05) is 31.2 Å². The van der Waals surface area contributed by atoms with Crippen LogP contribution in [0.3, 0.4) is 0 Å². The zero-order valence-corrected chi connectivity index (χ0v) is 25.3. The highest BCUT2D eigenvalue weighted by atomic mass is 32.1. The van der Waals surface area contributed by atoms with Gasteiger partial charge in [0.2, 0.25) is 0 Å². The molecule has 6 nitrogen and oxygen atoms in total. The number of hydrogen-bond acceptors (Lipinski definition) is 7. The first kappa shape index (κ1) is 32.2. The highest BCUT2D eigenvalue weighted by Crippen LogP contribution is 2.34. The molecule has 0 spiro atoms. The lowest BCUT2D eigenvalue weighted by molar-refractivity contribution is -0.149. The van der Waals surface area contributed by atoms with Crippen LogP contribution in [0.4, 0.5) is 5.00 Å². The summed E-state index contributed by atoms with van der Waals surface area (Å²) in [6.07, 6.45) is 14.0. The Bertz CT molecular complexity index is 1060. The van der Waals surface area contributed by atoms with Crippen molar-refractivity contribution in [2.75, 3.05) is 32.2 Å². The third-order valence-electron chi connectivity index (χ3n) is 6.76. The number of thiophene rings is 1. The fraction of sp³-hybridized carbons (Fsp3) is 0.562. The summed E-state index contributed by atoms with van der Waals surface area (Å²) >= 11 is 1.65. The quantitative estimate of drug-likeness (QED) is 0.140. The Kier molecular flexibility index (Phi) is 15.2. The maximum Gasteiger partial charge on any atom is 0.305 e. The molecule has 0 bridgehead atoms. The fourth-order valence-corrected chi connectivity index (χ4v) is 5.41. The molecule has 0 unspecified atom stereocenters. The van der Waals surface area contributed by atoms with Gasteiger partial charge in [-0.05, 0) is 42.0 Å². The zero-order valence-electron chi connectivity index (χ0n) is 24.5. The lowest BCUT2D eigenvalue weighted by atomic mass is 10.1. The molecule has 0 saturated carbocycles.